The molecule has 94 valence electrons. The van der Waals surface area contributed by atoms with Crippen molar-refractivity contribution in [3.8, 4) is 12.3 Å². The quantitative estimate of drug-likeness (QED) is 0.510. The van der Waals surface area contributed by atoms with Crippen LogP contribution in [-0.4, -0.2) is 14.4 Å². The average molecular weight is 240 g/mol. The SMILES string of the molecule is C#C[C@@H](O[Si](C)(C)C(C)(C)C)C(CC)CC. The minimum absolute atomic E-state index is 0.00380. The van der Waals surface area contributed by atoms with Gasteiger partial charge in [0.15, 0.2) is 8.32 Å². The summed E-state index contributed by atoms with van der Waals surface area (Å²) in [6.45, 7) is 15.7. The molecule has 0 bridgehead atoms. The van der Waals surface area contributed by atoms with Gasteiger partial charge in [0.25, 0.3) is 0 Å². The van der Waals surface area contributed by atoms with E-state index < -0.39 is 8.32 Å². The Morgan fingerprint density at radius 2 is 1.62 bits per heavy atom. The number of terminal acetylenes is 1. The first-order valence-electron chi connectivity index (χ1n) is 6.33. The van der Waals surface area contributed by atoms with Gasteiger partial charge in [0, 0.05) is 0 Å². The van der Waals surface area contributed by atoms with Crippen LogP contribution < -0.4 is 0 Å². The van der Waals surface area contributed by atoms with Crippen molar-refractivity contribution in [3.05, 3.63) is 0 Å². The van der Waals surface area contributed by atoms with Gasteiger partial charge in [0.1, 0.15) is 6.10 Å². The molecule has 0 aliphatic heterocycles. The fourth-order valence-corrected chi connectivity index (χ4v) is 2.73. The predicted octanol–water partition coefficient (Wildman–Crippen LogP) is 4.45. The monoisotopic (exact) mass is 240 g/mol. The minimum Gasteiger partial charge on any atom is -0.403 e. The molecular weight excluding hydrogens is 212 g/mol. The molecule has 0 unspecified atom stereocenters. The normalized spacial score (nSPS) is 14.9. The fraction of sp³-hybridized carbons (Fsp3) is 0.857. The maximum Gasteiger partial charge on any atom is 0.193 e. The molecule has 0 saturated carbocycles. The molecule has 0 saturated heterocycles. The Balaban J connectivity index is 4.74. The van der Waals surface area contributed by atoms with Gasteiger partial charge in [0.05, 0.1) is 0 Å². The lowest BCUT2D eigenvalue weighted by molar-refractivity contribution is 0.161. The second-order valence-corrected chi connectivity index (χ2v) is 10.8. The summed E-state index contributed by atoms with van der Waals surface area (Å²) in [5.74, 6) is 3.34. The van der Waals surface area contributed by atoms with Crippen molar-refractivity contribution in [2.24, 2.45) is 5.92 Å². The zero-order valence-corrected chi connectivity index (χ0v) is 13.1. The van der Waals surface area contributed by atoms with Crippen LogP contribution in [0.5, 0.6) is 0 Å². The largest absolute Gasteiger partial charge is 0.403 e. The number of rotatable bonds is 5. The summed E-state index contributed by atoms with van der Waals surface area (Å²) < 4.78 is 6.30. The molecule has 0 rings (SSSR count). The van der Waals surface area contributed by atoms with Crippen molar-refractivity contribution >= 4 is 8.32 Å². The third-order valence-corrected chi connectivity index (χ3v) is 8.32. The molecule has 0 aromatic heterocycles. The molecule has 0 aromatic rings. The van der Waals surface area contributed by atoms with E-state index >= 15 is 0 Å². The summed E-state index contributed by atoms with van der Waals surface area (Å²) in [5.41, 5.74) is 0. The summed E-state index contributed by atoms with van der Waals surface area (Å²) in [6, 6.07) is 0. The zero-order chi connectivity index (χ0) is 13.0. The van der Waals surface area contributed by atoms with E-state index in [1.807, 2.05) is 0 Å². The first-order chi connectivity index (χ1) is 7.19. The van der Waals surface area contributed by atoms with Crippen LogP contribution in [0.4, 0.5) is 0 Å². The van der Waals surface area contributed by atoms with Gasteiger partial charge in [-0.3, -0.25) is 0 Å². The molecule has 0 N–H and O–H groups in total. The Kier molecular flexibility index (Phi) is 5.79. The van der Waals surface area contributed by atoms with Gasteiger partial charge in [-0.1, -0.05) is 40.5 Å². The van der Waals surface area contributed by atoms with Crippen molar-refractivity contribution in [2.45, 2.75) is 71.7 Å². The molecule has 0 heterocycles. The molecule has 1 nitrogen and oxygen atoms in total. The standard InChI is InChI=1S/C14H28OSi/c1-9-12(10-2)13(11-3)15-16(7,8)14(4,5)6/h3,12-13H,9-10H2,1-2,4-8H3/t13-/m1/s1. The highest BCUT2D eigenvalue weighted by molar-refractivity contribution is 6.74. The second kappa shape index (κ2) is 5.89. The fourth-order valence-electron chi connectivity index (χ4n) is 1.48. The summed E-state index contributed by atoms with van der Waals surface area (Å²) in [7, 11) is -1.73. The number of hydrogen-bond acceptors (Lipinski definition) is 1. The maximum atomic E-state index is 6.30. The Hall–Kier alpha value is -0.263. The average Bonchev–Trinajstić information content (AvgIpc) is 2.16. The molecule has 0 aliphatic rings. The van der Waals surface area contributed by atoms with E-state index in [-0.39, 0.29) is 11.1 Å². The molecule has 1 atom stereocenters. The van der Waals surface area contributed by atoms with Crippen molar-refractivity contribution < 1.29 is 4.43 Å². The van der Waals surface area contributed by atoms with E-state index in [1.54, 1.807) is 0 Å². The van der Waals surface area contributed by atoms with Crippen LogP contribution >= 0.6 is 0 Å². The lowest BCUT2D eigenvalue weighted by Crippen LogP contribution is -2.45. The molecule has 0 fully saturated rings. The topological polar surface area (TPSA) is 9.23 Å². The van der Waals surface area contributed by atoms with E-state index in [0.717, 1.165) is 12.8 Å². The van der Waals surface area contributed by atoms with Crippen molar-refractivity contribution in [2.75, 3.05) is 0 Å². The molecule has 0 radical (unpaired) electrons. The van der Waals surface area contributed by atoms with Gasteiger partial charge in [-0.25, -0.2) is 0 Å². The van der Waals surface area contributed by atoms with Crippen LogP contribution in [0.15, 0.2) is 0 Å². The van der Waals surface area contributed by atoms with E-state index in [1.165, 1.54) is 0 Å². The lowest BCUT2D eigenvalue weighted by atomic mass is 9.97. The van der Waals surface area contributed by atoms with Crippen LogP contribution in [0.2, 0.25) is 18.1 Å². The first-order valence-corrected chi connectivity index (χ1v) is 9.24. The lowest BCUT2D eigenvalue weighted by Gasteiger charge is -2.39. The second-order valence-electron chi connectivity index (χ2n) is 6.04. The highest BCUT2D eigenvalue weighted by atomic mass is 28.4. The van der Waals surface area contributed by atoms with Crippen LogP contribution in [0, 0.1) is 18.3 Å². The van der Waals surface area contributed by atoms with Crippen LogP contribution in [0.1, 0.15) is 47.5 Å². The predicted molar refractivity (Wildman–Crippen MR) is 75.0 cm³/mol. The van der Waals surface area contributed by atoms with Crippen molar-refractivity contribution in [1.82, 2.24) is 0 Å². The van der Waals surface area contributed by atoms with Gasteiger partial charge in [-0.15, -0.1) is 6.42 Å². The minimum atomic E-state index is -1.73. The molecule has 16 heavy (non-hydrogen) atoms. The van der Waals surface area contributed by atoms with Crippen molar-refractivity contribution in [3.63, 3.8) is 0 Å². The van der Waals surface area contributed by atoms with Gasteiger partial charge >= 0.3 is 0 Å². The third kappa shape index (κ3) is 3.96. The molecule has 0 aromatic carbocycles. The Morgan fingerprint density at radius 3 is 1.88 bits per heavy atom. The summed E-state index contributed by atoms with van der Waals surface area (Å²) in [4.78, 5) is 0. The summed E-state index contributed by atoms with van der Waals surface area (Å²) in [6.07, 6.45) is 7.81. The van der Waals surface area contributed by atoms with E-state index in [4.69, 9.17) is 10.8 Å². The van der Waals surface area contributed by atoms with Gasteiger partial charge in [0.2, 0.25) is 0 Å². The van der Waals surface area contributed by atoms with Gasteiger partial charge in [-0.05, 0) is 36.9 Å². The van der Waals surface area contributed by atoms with Crippen molar-refractivity contribution in [1.29, 1.82) is 0 Å². The van der Waals surface area contributed by atoms with E-state index in [9.17, 15) is 0 Å². The Labute approximate surface area is 103 Å². The Bertz CT molecular complexity index is 240. The first kappa shape index (κ1) is 15.7. The van der Waals surface area contributed by atoms with Crippen LogP contribution in [-0.2, 0) is 4.43 Å². The Morgan fingerprint density at radius 1 is 1.19 bits per heavy atom. The summed E-state index contributed by atoms with van der Waals surface area (Å²) >= 11 is 0. The molecule has 2 heteroatoms. The smallest absolute Gasteiger partial charge is 0.193 e. The molecule has 0 spiro atoms. The molecular formula is C14H28OSi. The maximum absolute atomic E-state index is 6.30. The highest BCUT2D eigenvalue weighted by Crippen LogP contribution is 2.38. The highest BCUT2D eigenvalue weighted by Gasteiger charge is 2.39. The zero-order valence-electron chi connectivity index (χ0n) is 12.1. The number of hydrogen-bond donors (Lipinski definition) is 0. The molecule has 0 amide bonds. The third-order valence-electron chi connectivity index (χ3n) is 3.87. The van der Waals surface area contributed by atoms with Gasteiger partial charge in [-0.2, -0.15) is 0 Å². The van der Waals surface area contributed by atoms with E-state index in [2.05, 4.69) is 53.6 Å². The summed E-state index contributed by atoms with van der Waals surface area (Å²) in [5, 5.41) is 0.230. The van der Waals surface area contributed by atoms with Crippen LogP contribution in [0.25, 0.3) is 0 Å². The van der Waals surface area contributed by atoms with E-state index in [0.29, 0.717) is 5.92 Å². The van der Waals surface area contributed by atoms with Crippen LogP contribution in [0.3, 0.4) is 0 Å². The van der Waals surface area contributed by atoms with Gasteiger partial charge < -0.3 is 4.43 Å². The molecule has 0 aliphatic carbocycles.